The summed E-state index contributed by atoms with van der Waals surface area (Å²) in [5.74, 6) is 1.89. The molecule has 6 heteroatoms. The first kappa shape index (κ1) is 20.9. The number of hydrogen-bond acceptors (Lipinski definition) is 5. The van der Waals surface area contributed by atoms with Gasteiger partial charge in [0, 0.05) is 7.26 Å². The van der Waals surface area contributed by atoms with Gasteiger partial charge in [-0.2, -0.15) is 0 Å². The van der Waals surface area contributed by atoms with Crippen LogP contribution in [0.5, 0.6) is 0 Å². The minimum absolute atomic E-state index is 0.165. The lowest BCUT2D eigenvalue weighted by molar-refractivity contribution is 0.0607. The molecule has 0 saturated carbocycles. The molecule has 0 spiro atoms. The van der Waals surface area contributed by atoms with E-state index in [-0.39, 0.29) is 11.9 Å². The van der Waals surface area contributed by atoms with Gasteiger partial charge in [0.1, 0.15) is 10.7 Å². The van der Waals surface area contributed by atoms with Crippen LogP contribution in [0, 0.1) is 6.92 Å². The standard InChI is InChI=1S/C22H28NO3PS/c1-17-16-28-21(22(25)26-2)20(17)23-19(24)15-27(12-8-3-4-9-13-27)14-18-10-6-5-7-11-18/h5-7,10-11,15-16H,3-4,8-9,12-14H2,1-2H3,(H-,23,24,25)/p+1/b19-15+. The van der Waals surface area contributed by atoms with E-state index < -0.39 is 7.26 Å². The van der Waals surface area contributed by atoms with Crippen LogP contribution in [0.3, 0.4) is 0 Å². The molecule has 4 nitrogen and oxygen atoms in total. The number of aliphatic hydroxyl groups is 1. The Hall–Kier alpha value is -1.84. The van der Waals surface area contributed by atoms with E-state index in [0.717, 1.165) is 11.7 Å². The Labute approximate surface area is 172 Å². The summed E-state index contributed by atoms with van der Waals surface area (Å²) in [6.45, 7) is 1.93. The molecule has 0 radical (unpaired) electrons. The van der Waals surface area contributed by atoms with Gasteiger partial charge in [-0.3, -0.25) is 0 Å². The quantitative estimate of drug-likeness (QED) is 0.324. The van der Waals surface area contributed by atoms with Crippen LogP contribution in [0.25, 0.3) is 0 Å². The summed E-state index contributed by atoms with van der Waals surface area (Å²) < 4.78 is 4.87. The molecular formula is C22H29NO3PS+. The van der Waals surface area contributed by atoms with Gasteiger partial charge in [0.05, 0.1) is 31.3 Å². The molecule has 2 aromatic rings. The predicted molar refractivity (Wildman–Crippen MR) is 120 cm³/mol. The number of aryl methyl sites for hydroxylation is 1. The van der Waals surface area contributed by atoms with E-state index >= 15 is 0 Å². The van der Waals surface area contributed by atoms with Crippen LogP contribution in [0.1, 0.15) is 46.5 Å². The molecule has 0 unspecified atom stereocenters. The van der Waals surface area contributed by atoms with E-state index in [1.54, 1.807) is 0 Å². The number of methoxy groups -OCH3 is 1. The van der Waals surface area contributed by atoms with Crippen molar-refractivity contribution in [2.75, 3.05) is 24.8 Å². The SMILES string of the molecule is COC(=O)c1scc(C)c1N/C(O)=C\[P+]1(Cc2ccccc2)CCCCCC1. The summed E-state index contributed by atoms with van der Waals surface area (Å²) in [6.07, 6.45) is 8.33. The number of thiophene rings is 1. The van der Waals surface area contributed by atoms with E-state index in [9.17, 15) is 9.90 Å². The minimum atomic E-state index is -1.48. The molecule has 150 valence electrons. The van der Waals surface area contributed by atoms with Crippen LogP contribution < -0.4 is 5.32 Å². The highest BCUT2D eigenvalue weighted by molar-refractivity contribution is 7.78. The van der Waals surface area contributed by atoms with Gasteiger partial charge in [-0.1, -0.05) is 30.3 Å². The molecule has 28 heavy (non-hydrogen) atoms. The minimum Gasteiger partial charge on any atom is -0.492 e. The maximum absolute atomic E-state index is 12.0. The molecule has 1 fully saturated rings. The van der Waals surface area contributed by atoms with Crippen LogP contribution in [-0.4, -0.2) is 30.5 Å². The van der Waals surface area contributed by atoms with E-state index in [4.69, 9.17) is 4.74 Å². The summed E-state index contributed by atoms with van der Waals surface area (Å²) in [4.78, 5) is 12.5. The molecule has 2 N–H and O–H groups in total. The normalized spacial score (nSPS) is 17.0. The topological polar surface area (TPSA) is 58.6 Å². The third kappa shape index (κ3) is 5.15. The van der Waals surface area contributed by atoms with Gasteiger partial charge >= 0.3 is 5.97 Å². The van der Waals surface area contributed by atoms with Gasteiger partial charge < -0.3 is 15.2 Å². The Morgan fingerprint density at radius 2 is 1.89 bits per heavy atom. The number of carbonyl (C=O) groups is 1. The molecule has 1 aliphatic rings. The first-order valence-corrected chi connectivity index (χ1v) is 13.1. The number of nitrogens with one attached hydrogen (secondary N) is 1. The monoisotopic (exact) mass is 418 g/mol. The molecule has 1 aromatic heterocycles. The van der Waals surface area contributed by atoms with Crippen molar-refractivity contribution in [2.45, 2.75) is 38.8 Å². The summed E-state index contributed by atoms with van der Waals surface area (Å²) in [6, 6.07) is 10.6. The molecule has 1 aromatic carbocycles. The number of hydrogen-bond donors (Lipinski definition) is 2. The zero-order valence-electron chi connectivity index (χ0n) is 16.6. The Morgan fingerprint density at radius 1 is 1.21 bits per heavy atom. The van der Waals surface area contributed by atoms with E-state index in [0.29, 0.717) is 10.6 Å². The Balaban J connectivity index is 1.88. The maximum atomic E-state index is 12.0. The molecule has 0 atom stereocenters. The highest BCUT2D eigenvalue weighted by Gasteiger charge is 2.37. The zero-order valence-corrected chi connectivity index (χ0v) is 18.3. The lowest BCUT2D eigenvalue weighted by Crippen LogP contribution is -2.09. The van der Waals surface area contributed by atoms with Crippen molar-refractivity contribution >= 4 is 30.3 Å². The average Bonchev–Trinajstić information content (AvgIpc) is 2.90. The number of benzene rings is 1. The van der Waals surface area contributed by atoms with Crippen molar-refractivity contribution in [3.8, 4) is 0 Å². The smallest absolute Gasteiger partial charge is 0.350 e. The van der Waals surface area contributed by atoms with Crippen LogP contribution in [0.4, 0.5) is 5.69 Å². The van der Waals surface area contributed by atoms with Crippen LogP contribution in [-0.2, 0) is 10.9 Å². The van der Waals surface area contributed by atoms with Gasteiger partial charge in [0.2, 0.25) is 5.88 Å². The number of anilines is 1. The number of esters is 1. The molecule has 3 rings (SSSR count). The third-order valence-electron chi connectivity index (χ3n) is 5.29. The van der Waals surface area contributed by atoms with Crippen molar-refractivity contribution < 1.29 is 14.6 Å². The van der Waals surface area contributed by atoms with Gasteiger partial charge in [0.15, 0.2) is 0 Å². The van der Waals surface area contributed by atoms with Gasteiger partial charge in [-0.05, 0) is 49.1 Å². The number of carbonyl (C=O) groups excluding carboxylic acids is 1. The molecule has 1 saturated heterocycles. The molecule has 1 aliphatic heterocycles. The first-order valence-electron chi connectivity index (χ1n) is 9.78. The van der Waals surface area contributed by atoms with Gasteiger partial charge in [-0.25, -0.2) is 4.79 Å². The van der Waals surface area contributed by atoms with Crippen LogP contribution in [0.2, 0.25) is 0 Å². The zero-order chi connectivity index (χ0) is 20.0. The first-order chi connectivity index (χ1) is 13.5. The Bertz CT molecular complexity index is 824. The van der Waals surface area contributed by atoms with Gasteiger partial charge in [0.25, 0.3) is 0 Å². The predicted octanol–water partition coefficient (Wildman–Crippen LogP) is 6.40. The second-order valence-corrected chi connectivity index (χ2v) is 12.3. The van der Waals surface area contributed by atoms with Crippen LogP contribution >= 0.6 is 18.6 Å². The van der Waals surface area contributed by atoms with Crippen LogP contribution in [0.15, 0.2) is 47.4 Å². The highest BCUT2D eigenvalue weighted by atomic mass is 32.1. The number of rotatable bonds is 6. The lowest BCUT2D eigenvalue weighted by Gasteiger charge is -2.23. The summed E-state index contributed by atoms with van der Waals surface area (Å²) >= 11 is 1.34. The highest BCUT2D eigenvalue weighted by Crippen LogP contribution is 2.65. The van der Waals surface area contributed by atoms with Crippen molar-refractivity contribution in [3.63, 3.8) is 0 Å². The fourth-order valence-corrected chi connectivity index (χ4v) is 8.90. The van der Waals surface area contributed by atoms with Crippen molar-refractivity contribution in [3.05, 3.63) is 63.4 Å². The molecular weight excluding hydrogens is 389 g/mol. The fourth-order valence-electron chi connectivity index (χ4n) is 3.86. The second kappa shape index (κ2) is 9.58. The molecule has 0 aliphatic carbocycles. The third-order valence-corrected chi connectivity index (χ3v) is 10.6. The number of aliphatic hydroxyl groups excluding tert-OH is 1. The Morgan fingerprint density at radius 3 is 2.54 bits per heavy atom. The van der Waals surface area contributed by atoms with Gasteiger partial charge in [-0.15, -0.1) is 11.3 Å². The van der Waals surface area contributed by atoms with Crippen molar-refractivity contribution in [1.82, 2.24) is 0 Å². The maximum Gasteiger partial charge on any atom is 0.350 e. The van der Waals surface area contributed by atoms with E-state index in [2.05, 4.69) is 35.4 Å². The van der Waals surface area contributed by atoms with Crippen molar-refractivity contribution in [1.29, 1.82) is 0 Å². The van der Waals surface area contributed by atoms with E-state index in [1.165, 1.54) is 62.0 Å². The van der Waals surface area contributed by atoms with E-state index in [1.807, 2.05) is 18.4 Å². The summed E-state index contributed by atoms with van der Waals surface area (Å²) in [7, 11) is -0.100. The second-order valence-electron chi connectivity index (χ2n) is 7.48. The Kier molecular flexibility index (Phi) is 7.14. The summed E-state index contributed by atoms with van der Waals surface area (Å²) in [5, 5.41) is 15.9. The molecule has 2 heterocycles. The molecule has 0 bridgehead atoms. The number of ether oxygens (including phenoxy) is 1. The molecule has 0 amide bonds. The van der Waals surface area contributed by atoms with Crippen molar-refractivity contribution in [2.24, 2.45) is 0 Å². The summed E-state index contributed by atoms with van der Waals surface area (Å²) in [5.41, 5.74) is 2.92. The average molecular weight is 419 g/mol. The largest absolute Gasteiger partial charge is 0.492 e. The fraction of sp³-hybridized carbons (Fsp3) is 0.409. The lowest BCUT2D eigenvalue weighted by atomic mass is 10.2.